The topological polar surface area (TPSA) is 13.1 Å². The Bertz CT molecular complexity index is 1440. The zero-order valence-corrected chi connectivity index (χ0v) is 16.9. The van der Waals surface area contributed by atoms with Crippen molar-refractivity contribution in [3.05, 3.63) is 90.0 Å². The van der Waals surface area contributed by atoms with Gasteiger partial charge in [-0.1, -0.05) is 80.0 Å². The minimum atomic E-state index is 0.0188. The maximum Gasteiger partial charge on any atom is 0.140 e. The standard InChI is InChI=1S/C27H21BO/c1-27(2)20-9-4-3-7-18(20)25-17(8-5-10-21(25)27)16-13-14-23-19(15-16)26-22(28)11-6-12-24(26)29-23/h3-15H,28H2,1-2H3. The Morgan fingerprint density at radius 3 is 2.38 bits per heavy atom. The van der Waals surface area contributed by atoms with Crippen molar-refractivity contribution in [1.29, 1.82) is 0 Å². The average molecular weight is 372 g/mol. The average Bonchev–Trinajstić information content (AvgIpc) is 3.22. The van der Waals surface area contributed by atoms with E-state index in [0.717, 1.165) is 11.2 Å². The van der Waals surface area contributed by atoms with Gasteiger partial charge in [0.25, 0.3) is 0 Å². The minimum absolute atomic E-state index is 0.0188. The van der Waals surface area contributed by atoms with Gasteiger partial charge in [0.05, 0.1) is 0 Å². The molecule has 4 aromatic carbocycles. The molecule has 0 unspecified atom stereocenters. The van der Waals surface area contributed by atoms with Crippen molar-refractivity contribution in [1.82, 2.24) is 0 Å². The van der Waals surface area contributed by atoms with Crippen LogP contribution in [0.15, 0.2) is 83.3 Å². The van der Waals surface area contributed by atoms with E-state index in [9.17, 15) is 0 Å². The number of hydrogen-bond acceptors (Lipinski definition) is 1. The first-order valence-corrected chi connectivity index (χ1v) is 10.2. The molecule has 138 valence electrons. The normalized spacial score (nSPS) is 14.3. The third kappa shape index (κ3) is 2.17. The predicted molar refractivity (Wildman–Crippen MR) is 125 cm³/mol. The van der Waals surface area contributed by atoms with Gasteiger partial charge in [-0.3, -0.25) is 0 Å². The molecule has 1 aromatic heterocycles. The van der Waals surface area contributed by atoms with Gasteiger partial charge in [0.15, 0.2) is 0 Å². The van der Waals surface area contributed by atoms with E-state index in [1.807, 2.05) is 0 Å². The van der Waals surface area contributed by atoms with Crippen molar-refractivity contribution in [2.24, 2.45) is 0 Å². The molecule has 1 heterocycles. The highest BCUT2D eigenvalue weighted by molar-refractivity contribution is 6.41. The summed E-state index contributed by atoms with van der Waals surface area (Å²) in [5.41, 5.74) is 11.3. The second kappa shape index (κ2) is 5.64. The number of hydrogen-bond donors (Lipinski definition) is 0. The molecule has 2 heteroatoms. The number of rotatable bonds is 1. The van der Waals surface area contributed by atoms with E-state index in [2.05, 4.69) is 101 Å². The fourth-order valence-electron chi connectivity index (χ4n) is 5.17. The molecule has 0 saturated carbocycles. The molecule has 6 rings (SSSR count). The molecule has 1 aliphatic carbocycles. The molecule has 0 N–H and O–H groups in total. The van der Waals surface area contributed by atoms with Crippen LogP contribution in [0.25, 0.3) is 44.2 Å². The zero-order valence-electron chi connectivity index (χ0n) is 16.9. The summed E-state index contributed by atoms with van der Waals surface area (Å²) in [5.74, 6) is 0. The lowest BCUT2D eigenvalue weighted by atomic mass is 9.82. The van der Waals surface area contributed by atoms with Crippen molar-refractivity contribution in [2.75, 3.05) is 0 Å². The van der Waals surface area contributed by atoms with Crippen molar-refractivity contribution >= 4 is 35.2 Å². The summed E-state index contributed by atoms with van der Waals surface area (Å²) in [6, 6.07) is 28.5. The highest BCUT2D eigenvalue weighted by atomic mass is 16.3. The van der Waals surface area contributed by atoms with E-state index in [-0.39, 0.29) is 5.41 Å². The van der Waals surface area contributed by atoms with Crippen LogP contribution >= 0.6 is 0 Å². The van der Waals surface area contributed by atoms with Crippen LogP contribution in [0.3, 0.4) is 0 Å². The Labute approximate surface area is 171 Å². The van der Waals surface area contributed by atoms with Crippen molar-refractivity contribution in [3.63, 3.8) is 0 Å². The molecule has 0 radical (unpaired) electrons. The fraction of sp³-hybridized carbons (Fsp3) is 0.111. The summed E-state index contributed by atoms with van der Waals surface area (Å²) in [7, 11) is 2.16. The summed E-state index contributed by atoms with van der Waals surface area (Å²) in [6.45, 7) is 4.66. The molecule has 29 heavy (non-hydrogen) atoms. The highest BCUT2D eigenvalue weighted by Crippen LogP contribution is 2.52. The van der Waals surface area contributed by atoms with Gasteiger partial charge in [-0.25, -0.2) is 0 Å². The lowest BCUT2D eigenvalue weighted by molar-refractivity contribution is 0.660. The van der Waals surface area contributed by atoms with Crippen LogP contribution in [0.4, 0.5) is 0 Å². The van der Waals surface area contributed by atoms with E-state index < -0.39 is 0 Å². The molecule has 0 aliphatic heterocycles. The van der Waals surface area contributed by atoms with Crippen LogP contribution in [0.1, 0.15) is 25.0 Å². The smallest absolute Gasteiger partial charge is 0.140 e. The van der Waals surface area contributed by atoms with Crippen LogP contribution in [-0.2, 0) is 5.41 Å². The molecular weight excluding hydrogens is 351 g/mol. The van der Waals surface area contributed by atoms with E-state index in [1.54, 1.807) is 0 Å². The summed E-state index contributed by atoms with van der Waals surface area (Å²) in [6.07, 6.45) is 0. The van der Waals surface area contributed by atoms with Gasteiger partial charge in [0.2, 0.25) is 0 Å². The quantitative estimate of drug-likeness (QED) is 0.338. The maximum absolute atomic E-state index is 6.11. The van der Waals surface area contributed by atoms with Crippen LogP contribution < -0.4 is 5.46 Å². The third-order valence-electron chi connectivity index (χ3n) is 6.62. The monoisotopic (exact) mass is 372 g/mol. The summed E-state index contributed by atoms with van der Waals surface area (Å²) < 4.78 is 6.11. The maximum atomic E-state index is 6.11. The SMILES string of the molecule is Bc1cccc2oc3ccc(-c4cccc5c4-c4ccccc4C5(C)C)cc3c12. The first-order chi connectivity index (χ1) is 14.1. The molecule has 0 amide bonds. The van der Waals surface area contributed by atoms with E-state index in [4.69, 9.17) is 4.42 Å². The van der Waals surface area contributed by atoms with Gasteiger partial charge in [0.1, 0.15) is 19.0 Å². The first-order valence-electron chi connectivity index (χ1n) is 10.2. The van der Waals surface area contributed by atoms with E-state index in [0.29, 0.717) is 0 Å². The van der Waals surface area contributed by atoms with Gasteiger partial charge in [-0.15, -0.1) is 0 Å². The molecular formula is C27H21BO. The Morgan fingerprint density at radius 1 is 0.724 bits per heavy atom. The minimum Gasteiger partial charge on any atom is -0.456 e. The number of benzene rings is 4. The van der Waals surface area contributed by atoms with Gasteiger partial charge in [-0.05, 0) is 51.6 Å². The lowest BCUT2D eigenvalue weighted by Gasteiger charge is -2.21. The van der Waals surface area contributed by atoms with Crippen LogP contribution in [0, 0.1) is 0 Å². The summed E-state index contributed by atoms with van der Waals surface area (Å²) >= 11 is 0. The Balaban J connectivity index is 1.67. The van der Waals surface area contributed by atoms with Crippen LogP contribution in [-0.4, -0.2) is 7.85 Å². The summed E-state index contributed by atoms with van der Waals surface area (Å²) in [5, 5.41) is 2.41. The molecule has 0 saturated heterocycles. The molecule has 0 bridgehead atoms. The molecule has 5 aromatic rings. The van der Waals surface area contributed by atoms with Gasteiger partial charge in [0, 0.05) is 16.2 Å². The lowest BCUT2D eigenvalue weighted by Crippen LogP contribution is -2.14. The van der Waals surface area contributed by atoms with E-state index in [1.165, 1.54) is 49.6 Å². The second-order valence-electron chi connectivity index (χ2n) is 8.66. The van der Waals surface area contributed by atoms with Crippen molar-refractivity contribution < 1.29 is 4.42 Å². The third-order valence-corrected chi connectivity index (χ3v) is 6.62. The van der Waals surface area contributed by atoms with Crippen molar-refractivity contribution in [2.45, 2.75) is 19.3 Å². The van der Waals surface area contributed by atoms with E-state index >= 15 is 0 Å². The van der Waals surface area contributed by atoms with Gasteiger partial charge < -0.3 is 4.42 Å². The van der Waals surface area contributed by atoms with Gasteiger partial charge >= 0.3 is 0 Å². The fourth-order valence-corrected chi connectivity index (χ4v) is 5.17. The Hall–Kier alpha value is -3.26. The largest absolute Gasteiger partial charge is 0.456 e. The molecule has 1 nitrogen and oxygen atoms in total. The molecule has 1 aliphatic rings. The Morgan fingerprint density at radius 2 is 1.48 bits per heavy atom. The Kier molecular flexibility index (Phi) is 3.24. The number of fused-ring (bicyclic) bond motifs is 6. The van der Waals surface area contributed by atoms with Gasteiger partial charge in [-0.2, -0.15) is 0 Å². The summed E-state index contributed by atoms with van der Waals surface area (Å²) in [4.78, 5) is 0. The van der Waals surface area contributed by atoms with Crippen LogP contribution in [0.5, 0.6) is 0 Å². The van der Waals surface area contributed by atoms with Crippen molar-refractivity contribution in [3.8, 4) is 22.3 Å². The highest BCUT2D eigenvalue weighted by Gasteiger charge is 2.36. The second-order valence-corrected chi connectivity index (χ2v) is 8.66. The molecule has 0 atom stereocenters. The first kappa shape index (κ1) is 16.7. The zero-order chi connectivity index (χ0) is 19.8. The molecule has 0 fully saturated rings. The molecule has 0 spiro atoms. The number of furan rings is 1. The van der Waals surface area contributed by atoms with Crippen LogP contribution in [0.2, 0.25) is 0 Å². The predicted octanol–water partition coefficient (Wildman–Crippen LogP) is 5.82.